The Morgan fingerprint density at radius 3 is 2.68 bits per heavy atom. The van der Waals surface area contributed by atoms with E-state index in [2.05, 4.69) is 29.1 Å². The standard InChI is InChI=1S/C32H34N4O5/c1-4-40-31-27(32(37)38)15-33-36(31)29-10-6-9-28(34-29)26-8-5-7-20(2)30(26)41-17-23-12-11-22-16-35(24-18-39-19-24)14-13-25(22)21(23)3/h5-12,15,24H,4,13-14,16-19H2,1-3H3,(H,37,38). The molecule has 0 radical (unpaired) electrons. The Morgan fingerprint density at radius 2 is 1.93 bits per heavy atom. The summed E-state index contributed by atoms with van der Waals surface area (Å²) in [6.07, 6.45) is 2.32. The highest BCUT2D eigenvalue weighted by molar-refractivity contribution is 5.90. The molecule has 0 saturated carbocycles. The summed E-state index contributed by atoms with van der Waals surface area (Å²) < 4.78 is 19.0. The minimum absolute atomic E-state index is 0.0104. The van der Waals surface area contributed by atoms with Crippen LogP contribution < -0.4 is 9.47 Å². The predicted octanol–water partition coefficient (Wildman–Crippen LogP) is 4.98. The number of para-hydroxylation sites is 1. The fourth-order valence-electron chi connectivity index (χ4n) is 5.62. The molecule has 2 aliphatic rings. The smallest absolute Gasteiger partial charge is 0.342 e. The van der Waals surface area contributed by atoms with E-state index in [0.29, 0.717) is 30.8 Å². The second-order valence-corrected chi connectivity index (χ2v) is 10.5. The molecule has 0 spiro atoms. The number of carboxylic acid groups (broad SMARTS) is 1. The van der Waals surface area contributed by atoms with Gasteiger partial charge in [0, 0.05) is 18.7 Å². The maximum absolute atomic E-state index is 11.7. The van der Waals surface area contributed by atoms with E-state index in [9.17, 15) is 9.90 Å². The topological polar surface area (TPSA) is 98.9 Å². The Kier molecular flexibility index (Phi) is 7.47. The lowest BCUT2D eigenvalue weighted by atomic mass is 9.91. The van der Waals surface area contributed by atoms with Gasteiger partial charge in [0.15, 0.2) is 5.82 Å². The second kappa shape index (κ2) is 11.3. The highest BCUT2D eigenvalue weighted by Crippen LogP contribution is 2.35. The Balaban J connectivity index is 1.27. The molecule has 0 bridgehead atoms. The third-order valence-electron chi connectivity index (χ3n) is 8.01. The van der Waals surface area contributed by atoms with Crippen molar-refractivity contribution >= 4 is 5.97 Å². The van der Waals surface area contributed by atoms with Gasteiger partial charge in [-0.25, -0.2) is 9.78 Å². The summed E-state index contributed by atoms with van der Waals surface area (Å²) in [5.74, 6) is 0.270. The Labute approximate surface area is 239 Å². The van der Waals surface area contributed by atoms with Crippen molar-refractivity contribution in [3.8, 4) is 28.7 Å². The number of nitrogens with zero attached hydrogens (tertiary/aromatic N) is 4. The van der Waals surface area contributed by atoms with E-state index in [1.165, 1.54) is 33.1 Å². The van der Waals surface area contributed by atoms with E-state index < -0.39 is 5.97 Å². The molecular weight excluding hydrogens is 520 g/mol. The van der Waals surface area contributed by atoms with Crippen molar-refractivity contribution in [3.05, 3.63) is 88.1 Å². The Hall–Kier alpha value is -4.21. The van der Waals surface area contributed by atoms with Gasteiger partial charge in [0.2, 0.25) is 5.88 Å². The van der Waals surface area contributed by atoms with Crippen molar-refractivity contribution in [2.24, 2.45) is 0 Å². The van der Waals surface area contributed by atoms with E-state index in [1.807, 2.05) is 37.3 Å². The average Bonchev–Trinajstić information content (AvgIpc) is 3.37. The third-order valence-corrected chi connectivity index (χ3v) is 8.01. The van der Waals surface area contributed by atoms with E-state index >= 15 is 0 Å². The van der Waals surface area contributed by atoms with Crippen LogP contribution in [0.5, 0.6) is 11.6 Å². The van der Waals surface area contributed by atoms with Crippen molar-refractivity contribution in [3.63, 3.8) is 0 Å². The van der Waals surface area contributed by atoms with Crippen LogP contribution in [-0.4, -0.2) is 63.1 Å². The number of fused-ring (bicyclic) bond motifs is 1. The van der Waals surface area contributed by atoms with Crippen LogP contribution in [0.2, 0.25) is 0 Å². The van der Waals surface area contributed by atoms with Crippen molar-refractivity contribution < 1.29 is 24.1 Å². The maximum atomic E-state index is 11.7. The van der Waals surface area contributed by atoms with Crippen molar-refractivity contribution in [2.75, 3.05) is 26.4 Å². The molecule has 2 aliphatic heterocycles. The van der Waals surface area contributed by atoms with Crippen LogP contribution in [0.25, 0.3) is 17.1 Å². The SMILES string of the molecule is CCOc1c(C(=O)O)cnn1-c1cccc(-c2cccc(C)c2OCc2ccc3c(c2C)CCN(C2COC2)C3)n1. The van der Waals surface area contributed by atoms with Gasteiger partial charge in [-0.1, -0.05) is 30.3 Å². The molecule has 1 fully saturated rings. The number of aromatic nitrogens is 3. The van der Waals surface area contributed by atoms with Crippen molar-refractivity contribution in [1.82, 2.24) is 19.7 Å². The van der Waals surface area contributed by atoms with Crippen molar-refractivity contribution in [1.29, 1.82) is 0 Å². The number of ether oxygens (including phenoxy) is 3. The van der Waals surface area contributed by atoms with Gasteiger partial charge < -0.3 is 19.3 Å². The van der Waals surface area contributed by atoms with E-state index in [1.54, 1.807) is 13.0 Å². The molecule has 0 amide bonds. The van der Waals surface area contributed by atoms with Gasteiger partial charge in [-0.15, -0.1) is 0 Å². The Morgan fingerprint density at radius 1 is 1.10 bits per heavy atom. The molecule has 0 unspecified atom stereocenters. The molecule has 6 rings (SSSR count). The van der Waals surface area contributed by atoms with E-state index in [0.717, 1.165) is 49.6 Å². The van der Waals surface area contributed by atoms with Crippen LogP contribution in [0, 0.1) is 13.8 Å². The summed E-state index contributed by atoms with van der Waals surface area (Å²) in [6, 6.07) is 16.6. The number of carbonyl (C=O) groups is 1. The number of rotatable bonds is 9. The molecule has 1 saturated heterocycles. The summed E-state index contributed by atoms with van der Waals surface area (Å²) in [7, 11) is 0. The zero-order valence-electron chi connectivity index (χ0n) is 23.6. The number of pyridine rings is 1. The highest BCUT2D eigenvalue weighted by Gasteiger charge is 2.29. The van der Waals surface area contributed by atoms with Crippen LogP contribution in [0.15, 0.2) is 54.7 Å². The summed E-state index contributed by atoms with van der Waals surface area (Å²) >= 11 is 0. The number of aryl methyl sites for hydroxylation is 1. The quantitative estimate of drug-likeness (QED) is 0.309. The van der Waals surface area contributed by atoms with Gasteiger partial charge in [0.1, 0.15) is 17.9 Å². The van der Waals surface area contributed by atoms with Gasteiger partial charge >= 0.3 is 5.97 Å². The molecule has 41 heavy (non-hydrogen) atoms. The van der Waals surface area contributed by atoms with E-state index in [4.69, 9.17) is 19.2 Å². The fraction of sp³-hybridized carbons (Fsp3) is 0.344. The monoisotopic (exact) mass is 554 g/mol. The molecular formula is C32H34N4O5. The first kappa shape index (κ1) is 27.0. The molecule has 4 heterocycles. The van der Waals surface area contributed by atoms with Gasteiger partial charge in [-0.3, -0.25) is 4.90 Å². The molecule has 2 aromatic heterocycles. The average molecular weight is 555 g/mol. The van der Waals surface area contributed by atoms with Crippen molar-refractivity contribution in [2.45, 2.75) is 46.4 Å². The highest BCUT2D eigenvalue weighted by atomic mass is 16.5. The number of benzene rings is 2. The van der Waals surface area contributed by atoms with Crippen LogP contribution in [0.3, 0.4) is 0 Å². The predicted molar refractivity (Wildman–Crippen MR) is 154 cm³/mol. The lowest BCUT2D eigenvalue weighted by Gasteiger charge is -2.40. The molecule has 9 heteroatoms. The van der Waals surface area contributed by atoms with Gasteiger partial charge in [-0.2, -0.15) is 9.78 Å². The summed E-state index contributed by atoms with van der Waals surface area (Å²) in [5.41, 5.74) is 7.86. The molecule has 4 aromatic rings. The number of carboxylic acids is 1. The van der Waals surface area contributed by atoms with Gasteiger partial charge in [0.25, 0.3) is 0 Å². The molecule has 0 atom stereocenters. The third kappa shape index (κ3) is 5.18. The normalized spacial score (nSPS) is 15.3. The van der Waals surface area contributed by atoms with Crippen LogP contribution in [0.4, 0.5) is 0 Å². The number of hydrogen-bond donors (Lipinski definition) is 1. The molecule has 1 N–H and O–H groups in total. The lowest BCUT2D eigenvalue weighted by molar-refractivity contribution is -0.0695. The second-order valence-electron chi connectivity index (χ2n) is 10.5. The fourth-order valence-corrected chi connectivity index (χ4v) is 5.62. The number of hydrogen-bond acceptors (Lipinski definition) is 7. The Bertz CT molecular complexity index is 1590. The van der Waals surface area contributed by atoms with Crippen LogP contribution in [-0.2, 0) is 24.3 Å². The summed E-state index contributed by atoms with van der Waals surface area (Å²) in [4.78, 5) is 19.0. The number of aromatic carboxylic acids is 1. The zero-order valence-corrected chi connectivity index (χ0v) is 23.6. The summed E-state index contributed by atoms with van der Waals surface area (Å²) in [5, 5.41) is 13.8. The maximum Gasteiger partial charge on any atom is 0.342 e. The molecule has 9 nitrogen and oxygen atoms in total. The zero-order chi connectivity index (χ0) is 28.5. The molecule has 0 aliphatic carbocycles. The van der Waals surface area contributed by atoms with Crippen LogP contribution in [0.1, 0.15) is 45.1 Å². The minimum Gasteiger partial charge on any atom is -0.488 e. The van der Waals surface area contributed by atoms with Gasteiger partial charge in [0.05, 0.1) is 37.8 Å². The van der Waals surface area contributed by atoms with E-state index in [-0.39, 0.29) is 11.4 Å². The van der Waals surface area contributed by atoms with Gasteiger partial charge in [-0.05, 0) is 73.2 Å². The first-order valence-electron chi connectivity index (χ1n) is 14.0. The first-order chi connectivity index (χ1) is 19.9. The minimum atomic E-state index is -1.10. The van der Waals surface area contributed by atoms with Crippen LogP contribution >= 0.6 is 0 Å². The summed E-state index contributed by atoms with van der Waals surface area (Å²) in [6.45, 7) is 10.5. The largest absolute Gasteiger partial charge is 0.488 e. The molecule has 212 valence electrons. The first-order valence-corrected chi connectivity index (χ1v) is 14.0. The molecule has 2 aromatic carbocycles. The lowest BCUT2D eigenvalue weighted by Crippen LogP contribution is -2.50.